The molecule has 9 heteroatoms. The summed E-state index contributed by atoms with van der Waals surface area (Å²) in [5.41, 5.74) is 1.75. The molecule has 1 N–H and O–H groups in total. The zero-order valence-electron chi connectivity index (χ0n) is 15.7. The number of methoxy groups -OCH3 is 2. The van der Waals surface area contributed by atoms with E-state index in [4.69, 9.17) is 18.7 Å². The van der Waals surface area contributed by atoms with Crippen LogP contribution in [0.5, 0.6) is 11.5 Å². The zero-order valence-corrected chi connectivity index (χ0v) is 16.5. The Morgan fingerprint density at radius 1 is 1.11 bits per heavy atom. The lowest BCUT2D eigenvalue weighted by Gasteiger charge is -2.13. The third-order valence-electron chi connectivity index (χ3n) is 3.58. The molecule has 0 saturated heterocycles. The molecule has 1 aromatic heterocycles. The molecule has 146 valence electrons. The van der Waals surface area contributed by atoms with Gasteiger partial charge in [-0.2, -0.15) is 0 Å². The van der Waals surface area contributed by atoms with Crippen LogP contribution in [0.25, 0.3) is 0 Å². The van der Waals surface area contributed by atoms with E-state index < -0.39 is 5.97 Å². The highest BCUT2D eigenvalue weighted by Crippen LogP contribution is 2.30. The lowest BCUT2D eigenvalue weighted by molar-refractivity contribution is -0.141. The number of esters is 1. The Hall–Kier alpha value is -2.68. The second-order valence-corrected chi connectivity index (χ2v) is 6.64. The second-order valence-electron chi connectivity index (χ2n) is 5.66. The van der Waals surface area contributed by atoms with Gasteiger partial charge in [-0.05, 0) is 37.1 Å². The number of nitrogens with zero attached hydrogens (tertiary/aromatic N) is 1. The maximum atomic E-state index is 11.9. The molecular weight excluding hydrogens is 372 g/mol. The van der Waals surface area contributed by atoms with Crippen LogP contribution in [-0.4, -0.2) is 42.8 Å². The molecule has 2 aromatic rings. The van der Waals surface area contributed by atoms with Crippen molar-refractivity contribution in [3.8, 4) is 11.5 Å². The highest BCUT2D eigenvalue weighted by molar-refractivity contribution is 8.00. The molecule has 0 aliphatic rings. The molecule has 0 saturated carbocycles. The SMILES string of the molecule is COc1cc(C)c(COC(=O)CSCC(=O)Nc2cc(C)on2)cc1OC. The summed E-state index contributed by atoms with van der Waals surface area (Å²) in [6.07, 6.45) is 0. The normalized spacial score (nSPS) is 10.4. The van der Waals surface area contributed by atoms with Gasteiger partial charge in [0.05, 0.1) is 25.7 Å². The predicted molar refractivity (Wildman–Crippen MR) is 101 cm³/mol. The number of anilines is 1. The van der Waals surface area contributed by atoms with Crippen molar-refractivity contribution in [2.45, 2.75) is 20.5 Å². The molecular formula is C18H22N2O6S. The number of hydrogen-bond donors (Lipinski definition) is 1. The van der Waals surface area contributed by atoms with Crippen LogP contribution >= 0.6 is 11.8 Å². The third-order valence-corrected chi connectivity index (χ3v) is 4.49. The molecule has 1 amide bonds. The molecule has 0 bridgehead atoms. The number of carbonyl (C=O) groups is 2. The second kappa shape index (κ2) is 9.86. The summed E-state index contributed by atoms with van der Waals surface area (Å²) in [4.78, 5) is 23.7. The van der Waals surface area contributed by atoms with E-state index in [1.54, 1.807) is 33.3 Å². The lowest BCUT2D eigenvalue weighted by Crippen LogP contribution is -2.16. The lowest BCUT2D eigenvalue weighted by atomic mass is 10.1. The summed E-state index contributed by atoms with van der Waals surface area (Å²) in [7, 11) is 3.11. The largest absolute Gasteiger partial charge is 0.493 e. The summed E-state index contributed by atoms with van der Waals surface area (Å²) in [5.74, 6) is 1.65. The van der Waals surface area contributed by atoms with Crippen molar-refractivity contribution in [3.63, 3.8) is 0 Å². The van der Waals surface area contributed by atoms with Crippen LogP contribution in [0.1, 0.15) is 16.9 Å². The van der Waals surface area contributed by atoms with Crippen molar-refractivity contribution in [1.82, 2.24) is 5.16 Å². The van der Waals surface area contributed by atoms with Crippen LogP contribution in [-0.2, 0) is 20.9 Å². The van der Waals surface area contributed by atoms with E-state index >= 15 is 0 Å². The van der Waals surface area contributed by atoms with Gasteiger partial charge >= 0.3 is 5.97 Å². The van der Waals surface area contributed by atoms with Gasteiger partial charge < -0.3 is 24.1 Å². The number of ether oxygens (including phenoxy) is 3. The van der Waals surface area contributed by atoms with E-state index in [2.05, 4.69) is 10.5 Å². The summed E-state index contributed by atoms with van der Waals surface area (Å²) in [6.45, 7) is 3.75. The fraction of sp³-hybridized carbons (Fsp3) is 0.389. The van der Waals surface area contributed by atoms with Crippen LogP contribution in [0, 0.1) is 13.8 Å². The number of amides is 1. The molecule has 8 nitrogen and oxygen atoms in total. The monoisotopic (exact) mass is 394 g/mol. The standard InChI is InChI=1S/C18H22N2O6S/c1-11-5-14(23-3)15(24-4)7-13(11)8-25-18(22)10-27-9-17(21)19-16-6-12(2)26-20-16/h5-7H,8-10H2,1-4H3,(H,19,20,21). The van der Waals surface area contributed by atoms with Gasteiger partial charge in [-0.3, -0.25) is 9.59 Å². The van der Waals surface area contributed by atoms with Gasteiger partial charge in [-0.1, -0.05) is 5.16 Å². The fourth-order valence-electron chi connectivity index (χ4n) is 2.21. The Labute approximate surface area is 161 Å². The fourth-order valence-corrected chi connectivity index (χ4v) is 2.82. The van der Waals surface area contributed by atoms with Crippen molar-refractivity contribution >= 4 is 29.5 Å². The van der Waals surface area contributed by atoms with Crippen molar-refractivity contribution < 1.29 is 28.3 Å². The number of aromatic nitrogens is 1. The molecule has 0 unspecified atom stereocenters. The number of rotatable bonds is 9. The molecule has 0 spiro atoms. The van der Waals surface area contributed by atoms with Crippen molar-refractivity contribution in [2.75, 3.05) is 31.0 Å². The van der Waals surface area contributed by atoms with Gasteiger partial charge in [0.25, 0.3) is 0 Å². The summed E-state index contributed by atoms with van der Waals surface area (Å²) < 4.78 is 20.6. The zero-order chi connectivity index (χ0) is 19.8. The van der Waals surface area contributed by atoms with Crippen molar-refractivity contribution in [1.29, 1.82) is 0 Å². The molecule has 1 aromatic carbocycles. The number of hydrogen-bond acceptors (Lipinski definition) is 8. The molecule has 0 aliphatic carbocycles. The van der Waals surface area contributed by atoms with Gasteiger partial charge in [-0.15, -0.1) is 11.8 Å². The third kappa shape index (κ3) is 6.21. The van der Waals surface area contributed by atoms with E-state index in [9.17, 15) is 9.59 Å². The molecule has 0 fully saturated rings. The number of thioether (sulfide) groups is 1. The number of benzene rings is 1. The average Bonchev–Trinajstić information content (AvgIpc) is 3.04. The molecule has 1 heterocycles. The Kier molecular flexibility index (Phi) is 7.54. The maximum absolute atomic E-state index is 11.9. The first kappa shape index (κ1) is 20.6. The average molecular weight is 394 g/mol. The summed E-state index contributed by atoms with van der Waals surface area (Å²) >= 11 is 1.16. The van der Waals surface area contributed by atoms with Gasteiger partial charge in [0.2, 0.25) is 5.91 Å². The Morgan fingerprint density at radius 2 is 1.81 bits per heavy atom. The minimum atomic E-state index is -0.403. The topological polar surface area (TPSA) is 99.9 Å². The minimum Gasteiger partial charge on any atom is -0.493 e. The first-order valence-corrected chi connectivity index (χ1v) is 9.26. The predicted octanol–water partition coefficient (Wildman–Crippen LogP) is 2.72. The van der Waals surface area contributed by atoms with Crippen LogP contribution in [0.2, 0.25) is 0 Å². The number of nitrogens with one attached hydrogen (secondary N) is 1. The number of carbonyl (C=O) groups excluding carboxylic acids is 2. The maximum Gasteiger partial charge on any atom is 0.316 e. The van der Waals surface area contributed by atoms with E-state index in [1.165, 1.54) is 0 Å². The van der Waals surface area contributed by atoms with Crippen LogP contribution < -0.4 is 14.8 Å². The van der Waals surface area contributed by atoms with Crippen LogP contribution in [0.15, 0.2) is 22.7 Å². The first-order valence-electron chi connectivity index (χ1n) is 8.11. The van der Waals surface area contributed by atoms with E-state index in [0.29, 0.717) is 23.1 Å². The van der Waals surface area contributed by atoms with Gasteiger partial charge in [0.1, 0.15) is 12.4 Å². The van der Waals surface area contributed by atoms with Gasteiger partial charge in [-0.25, -0.2) is 0 Å². The van der Waals surface area contributed by atoms with E-state index in [-0.39, 0.29) is 24.0 Å². The smallest absolute Gasteiger partial charge is 0.316 e. The van der Waals surface area contributed by atoms with E-state index in [1.807, 2.05) is 13.0 Å². The molecule has 2 rings (SSSR count). The molecule has 0 atom stereocenters. The number of aryl methyl sites for hydroxylation is 2. The quantitative estimate of drug-likeness (QED) is 0.648. The summed E-state index contributed by atoms with van der Waals surface area (Å²) in [5, 5.41) is 6.25. The van der Waals surface area contributed by atoms with E-state index in [0.717, 1.165) is 22.9 Å². The summed E-state index contributed by atoms with van der Waals surface area (Å²) in [6, 6.07) is 5.22. The highest BCUT2D eigenvalue weighted by Gasteiger charge is 2.12. The Morgan fingerprint density at radius 3 is 2.44 bits per heavy atom. The van der Waals surface area contributed by atoms with Crippen molar-refractivity contribution in [3.05, 3.63) is 35.1 Å². The van der Waals surface area contributed by atoms with Crippen LogP contribution in [0.4, 0.5) is 5.82 Å². The molecule has 0 aliphatic heterocycles. The Bertz CT molecular complexity index is 805. The first-order chi connectivity index (χ1) is 12.9. The molecule has 0 radical (unpaired) electrons. The van der Waals surface area contributed by atoms with Gasteiger partial charge in [0, 0.05) is 6.07 Å². The van der Waals surface area contributed by atoms with Crippen molar-refractivity contribution in [2.24, 2.45) is 0 Å². The Balaban J connectivity index is 1.75. The van der Waals surface area contributed by atoms with Crippen LogP contribution in [0.3, 0.4) is 0 Å². The minimum absolute atomic E-state index is 0.0671. The molecule has 27 heavy (non-hydrogen) atoms. The highest BCUT2D eigenvalue weighted by atomic mass is 32.2. The van der Waals surface area contributed by atoms with Gasteiger partial charge in [0.15, 0.2) is 17.3 Å².